The predicted octanol–water partition coefficient (Wildman–Crippen LogP) is 3.69. The van der Waals surface area contributed by atoms with Crippen LogP contribution in [0.4, 0.5) is 4.79 Å². The predicted molar refractivity (Wildman–Crippen MR) is 117 cm³/mol. The molecular weight excluding hydrogens is 392 g/mol. The summed E-state index contributed by atoms with van der Waals surface area (Å²) in [5, 5.41) is 13.3. The van der Waals surface area contributed by atoms with Crippen molar-refractivity contribution in [3.8, 4) is 11.5 Å². The summed E-state index contributed by atoms with van der Waals surface area (Å²) in [5.74, 6) is 1.45. The molecule has 6 heteroatoms. The number of benzene rings is 2. The first-order chi connectivity index (χ1) is 15.0. The Morgan fingerprint density at radius 2 is 2.10 bits per heavy atom. The summed E-state index contributed by atoms with van der Waals surface area (Å²) in [6.07, 6.45) is 4.55. The van der Waals surface area contributed by atoms with E-state index in [-0.39, 0.29) is 23.6 Å². The molecule has 4 unspecified atom stereocenters. The van der Waals surface area contributed by atoms with Gasteiger partial charge in [0.25, 0.3) is 0 Å². The van der Waals surface area contributed by atoms with Gasteiger partial charge in [-0.05, 0) is 30.5 Å². The second kappa shape index (κ2) is 7.61. The third-order valence-corrected chi connectivity index (χ3v) is 6.88. The van der Waals surface area contributed by atoms with Crippen LogP contribution in [0, 0.1) is 0 Å². The first-order valence-corrected chi connectivity index (χ1v) is 10.9. The van der Waals surface area contributed by atoms with Crippen LogP contribution in [0.25, 0.3) is 0 Å². The van der Waals surface area contributed by atoms with E-state index in [1.807, 2.05) is 60.4 Å². The Kier molecular flexibility index (Phi) is 4.89. The molecule has 0 bridgehead atoms. The Morgan fingerprint density at radius 3 is 2.87 bits per heavy atom. The highest BCUT2D eigenvalue weighted by molar-refractivity contribution is 5.75. The van der Waals surface area contributed by atoms with E-state index in [0.29, 0.717) is 25.3 Å². The average Bonchev–Trinajstić information content (AvgIpc) is 3.01. The highest BCUT2D eigenvalue weighted by Crippen LogP contribution is 2.55. The fourth-order valence-corrected chi connectivity index (χ4v) is 5.21. The maximum Gasteiger partial charge on any atom is 0.318 e. The van der Waals surface area contributed by atoms with Gasteiger partial charge in [-0.15, -0.1) is 0 Å². The van der Waals surface area contributed by atoms with Crippen LogP contribution >= 0.6 is 0 Å². The van der Waals surface area contributed by atoms with Crippen LogP contribution < -0.4 is 14.8 Å². The van der Waals surface area contributed by atoms with Crippen molar-refractivity contribution in [3.63, 3.8) is 0 Å². The minimum Gasteiger partial charge on any atom is -0.493 e. The van der Waals surface area contributed by atoms with Gasteiger partial charge in [0.1, 0.15) is 6.10 Å². The number of nitrogens with zero attached hydrogens (tertiary/aromatic N) is 1. The molecular formula is C25H28N2O4. The standard InChI is InChI=1S/C25H28N2O4/c1-16(17-6-4-3-5-7-17)26-24(29)27-13-12-25-11-10-19(28)14-21(25)31-23-20(30-2)9-8-18(15-27)22(23)25/h3-11,16,19,21,28H,12-15H2,1-2H3,(H,26,29). The molecule has 2 aromatic rings. The van der Waals surface area contributed by atoms with Crippen LogP contribution in [0.15, 0.2) is 54.6 Å². The van der Waals surface area contributed by atoms with Gasteiger partial charge in [0.05, 0.1) is 24.7 Å². The first-order valence-electron chi connectivity index (χ1n) is 10.9. The molecule has 0 saturated carbocycles. The summed E-state index contributed by atoms with van der Waals surface area (Å²) in [5.41, 5.74) is 2.90. The van der Waals surface area contributed by atoms with Gasteiger partial charge in [-0.3, -0.25) is 0 Å². The molecule has 2 amide bonds. The molecule has 0 aromatic heterocycles. The number of aliphatic hydroxyl groups is 1. The molecule has 2 heterocycles. The van der Waals surface area contributed by atoms with Crippen molar-refractivity contribution in [3.05, 3.63) is 71.3 Å². The molecule has 2 aliphatic heterocycles. The monoisotopic (exact) mass is 420 g/mol. The SMILES string of the molecule is COc1ccc2c3c1OC1CC(O)C=CC31CCN(C(=O)NC(C)c1ccccc1)C2. The van der Waals surface area contributed by atoms with Crippen LogP contribution in [0.1, 0.15) is 42.5 Å². The fourth-order valence-electron chi connectivity index (χ4n) is 5.21. The Labute approximate surface area is 182 Å². The van der Waals surface area contributed by atoms with Crippen LogP contribution in [-0.2, 0) is 12.0 Å². The molecule has 1 spiro atoms. The molecule has 6 nitrogen and oxygen atoms in total. The lowest BCUT2D eigenvalue weighted by Gasteiger charge is -2.35. The Balaban J connectivity index is 1.46. The summed E-state index contributed by atoms with van der Waals surface area (Å²) in [7, 11) is 1.64. The Bertz CT molecular complexity index is 1020. The smallest absolute Gasteiger partial charge is 0.318 e. The second-order valence-corrected chi connectivity index (χ2v) is 8.69. The van der Waals surface area contributed by atoms with E-state index >= 15 is 0 Å². The number of ether oxygens (including phenoxy) is 2. The molecule has 3 aliphatic rings. The Morgan fingerprint density at radius 1 is 1.29 bits per heavy atom. The number of carbonyl (C=O) groups is 1. The zero-order chi connectivity index (χ0) is 21.6. The average molecular weight is 421 g/mol. The number of methoxy groups -OCH3 is 1. The van der Waals surface area contributed by atoms with Gasteiger partial charge >= 0.3 is 6.03 Å². The quantitative estimate of drug-likeness (QED) is 0.743. The van der Waals surface area contributed by atoms with E-state index in [4.69, 9.17) is 9.47 Å². The van der Waals surface area contributed by atoms with Gasteiger partial charge in [-0.1, -0.05) is 48.6 Å². The van der Waals surface area contributed by atoms with Crippen molar-refractivity contribution in [2.24, 2.45) is 0 Å². The van der Waals surface area contributed by atoms with Crippen molar-refractivity contribution in [1.29, 1.82) is 0 Å². The second-order valence-electron chi connectivity index (χ2n) is 8.69. The van der Waals surface area contributed by atoms with E-state index in [1.165, 1.54) is 0 Å². The molecule has 0 fully saturated rings. The number of amides is 2. The maximum atomic E-state index is 13.2. The first kappa shape index (κ1) is 19.9. The minimum absolute atomic E-state index is 0.0745. The molecule has 5 rings (SSSR count). The normalized spacial score (nSPS) is 26.9. The molecule has 1 aliphatic carbocycles. The number of carbonyl (C=O) groups excluding carboxylic acids is 1. The summed E-state index contributed by atoms with van der Waals surface area (Å²) >= 11 is 0. The minimum atomic E-state index is -0.520. The van der Waals surface area contributed by atoms with Gasteiger partial charge in [0.15, 0.2) is 11.5 Å². The topological polar surface area (TPSA) is 71.0 Å². The lowest BCUT2D eigenvalue weighted by molar-refractivity contribution is 0.0820. The zero-order valence-corrected chi connectivity index (χ0v) is 17.9. The highest BCUT2D eigenvalue weighted by Gasteiger charge is 2.53. The van der Waals surface area contributed by atoms with E-state index in [9.17, 15) is 9.90 Å². The zero-order valence-electron chi connectivity index (χ0n) is 17.9. The van der Waals surface area contributed by atoms with Crippen LogP contribution in [0.5, 0.6) is 11.5 Å². The lowest BCUT2D eigenvalue weighted by Crippen LogP contribution is -2.44. The number of aliphatic hydroxyl groups excluding tert-OH is 1. The van der Waals surface area contributed by atoms with Crippen molar-refractivity contribution >= 4 is 6.03 Å². The summed E-state index contributed by atoms with van der Waals surface area (Å²) in [6.45, 7) is 3.11. The van der Waals surface area contributed by atoms with E-state index in [1.54, 1.807) is 7.11 Å². The highest BCUT2D eigenvalue weighted by atomic mass is 16.5. The van der Waals surface area contributed by atoms with E-state index in [2.05, 4.69) is 11.4 Å². The molecule has 0 radical (unpaired) electrons. The summed E-state index contributed by atoms with van der Waals surface area (Å²) in [4.78, 5) is 15.1. The van der Waals surface area contributed by atoms with E-state index in [0.717, 1.165) is 28.9 Å². The van der Waals surface area contributed by atoms with Crippen LogP contribution in [0.2, 0.25) is 0 Å². The Hall–Kier alpha value is -2.99. The fraction of sp³-hybridized carbons (Fsp3) is 0.400. The largest absolute Gasteiger partial charge is 0.493 e. The van der Waals surface area contributed by atoms with Crippen molar-refractivity contribution in [2.75, 3.05) is 13.7 Å². The lowest BCUT2D eigenvalue weighted by atomic mass is 9.69. The summed E-state index contributed by atoms with van der Waals surface area (Å²) < 4.78 is 11.9. The van der Waals surface area contributed by atoms with Crippen LogP contribution in [0.3, 0.4) is 0 Å². The molecule has 162 valence electrons. The van der Waals surface area contributed by atoms with Gasteiger partial charge in [-0.2, -0.15) is 0 Å². The van der Waals surface area contributed by atoms with Crippen molar-refractivity contribution < 1.29 is 19.4 Å². The van der Waals surface area contributed by atoms with Crippen LogP contribution in [-0.4, -0.2) is 41.9 Å². The third-order valence-electron chi connectivity index (χ3n) is 6.88. The number of hydrogen-bond acceptors (Lipinski definition) is 4. The number of urea groups is 1. The van der Waals surface area contributed by atoms with Gasteiger partial charge in [0, 0.05) is 25.1 Å². The van der Waals surface area contributed by atoms with E-state index < -0.39 is 6.10 Å². The number of rotatable bonds is 3. The molecule has 4 atom stereocenters. The van der Waals surface area contributed by atoms with Crippen molar-refractivity contribution in [1.82, 2.24) is 10.2 Å². The molecule has 0 saturated heterocycles. The van der Waals surface area contributed by atoms with Crippen molar-refractivity contribution in [2.45, 2.75) is 50.0 Å². The van der Waals surface area contributed by atoms with Gasteiger partial charge in [-0.25, -0.2) is 4.79 Å². The number of hydrogen-bond donors (Lipinski definition) is 2. The van der Waals surface area contributed by atoms with Gasteiger partial charge < -0.3 is 24.8 Å². The van der Waals surface area contributed by atoms with Gasteiger partial charge in [0.2, 0.25) is 0 Å². The number of nitrogens with one attached hydrogen (secondary N) is 1. The molecule has 2 aromatic carbocycles. The summed E-state index contributed by atoms with van der Waals surface area (Å²) in [6, 6.07) is 13.8. The third kappa shape index (κ3) is 3.26. The maximum absolute atomic E-state index is 13.2. The molecule has 31 heavy (non-hydrogen) atoms. The molecule has 2 N–H and O–H groups in total.